The van der Waals surface area contributed by atoms with E-state index in [4.69, 9.17) is 35.3 Å². The molecular weight excluding hydrogens is 702 g/mol. The van der Waals surface area contributed by atoms with Gasteiger partial charge in [-0.1, -0.05) is 36.2 Å². The number of thiol groups is 1. The number of ether oxygens (including phenoxy) is 5. The van der Waals surface area contributed by atoms with Gasteiger partial charge in [0.2, 0.25) is 11.8 Å². The van der Waals surface area contributed by atoms with Gasteiger partial charge in [0.05, 0.1) is 25.3 Å². The van der Waals surface area contributed by atoms with Crippen molar-refractivity contribution in [2.45, 2.75) is 102 Å². The van der Waals surface area contributed by atoms with Gasteiger partial charge in [0.25, 0.3) is 0 Å². The van der Waals surface area contributed by atoms with Crippen LogP contribution in [0.3, 0.4) is 0 Å². The lowest BCUT2D eigenvalue weighted by Crippen LogP contribution is -2.63. The Morgan fingerprint density at radius 1 is 1.24 bits per heavy atom. The lowest BCUT2D eigenvalue weighted by atomic mass is 9.83. The highest BCUT2D eigenvalue weighted by Gasteiger charge is 2.64. The molecule has 2 aliphatic rings. The van der Waals surface area contributed by atoms with Gasteiger partial charge < -0.3 is 38.6 Å². The second kappa shape index (κ2) is 17.5. The molecule has 13 nitrogen and oxygen atoms in total. The van der Waals surface area contributed by atoms with Crippen LogP contribution in [-0.4, -0.2) is 110 Å². The number of halogens is 1. The van der Waals surface area contributed by atoms with E-state index in [1.807, 2.05) is 32.1 Å². The third-order valence-corrected chi connectivity index (χ3v) is 10.5. The maximum atomic E-state index is 14.1. The van der Waals surface area contributed by atoms with E-state index in [-0.39, 0.29) is 30.2 Å². The molecule has 0 aliphatic carbocycles. The molecule has 2 saturated heterocycles. The maximum absolute atomic E-state index is 14.1. The van der Waals surface area contributed by atoms with Crippen LogP contribution in [0.25, 0.3) is 0 Å². The van der Waals surface area contributed by atoms with Crippen LogP contribution in [0.15, 0.2) is 36.4 Å². The fraction of sp³-hybridized carbons (Fsp3) is 0.611. The number of carbonyl (C=O) groups excluding carboxylic acids is 4. The van der Waals surface area contributed by atoms with E-state index in [1.54, 1.807) is 20.9 Å². The number of allylic oxidation sites excluding steroid dienone is 2. The molecule has 284 valence electrons. The van der Waals surface area contributed by atoms with Crippen molar-refractivity contribution in [2.24, 2.45) is 5.92 Å². The highest BCUT2D eigenvalue weighted by molar-refractivity contribution is 7.80. The Kier molecular flexibility index (Phi) is 14.4. The number of epoxide rings is 1. The number of likely N-dealkylation sites (N-methyl/N-ethyl adjacent to an activating group) is 1. The zero-order valence-corrected chi connectivity index (χ0v) is 32.5. The Hall–Kier alpha value is -3.30. The van der Waals surface area contributed by atoms with E-state index >= 15 is 0 Å². The smallest absolute Gasteiger partial charge is 0.409 e. The van der Waals surface area contributed by atoms with Gasteiger partial charge in [-0.2, -0.15) is 12.6 Å². The number of nitrogens with zero attached hydrogens (tertiary/aromatic N) is 2. The summed E-state index contributed by atoms with van der Waals surface area (Å²) in [5.41, 5.74) is -0.641. The third kappa shape index (κ3) is 9.58. The Balaban J connectivity index is 1.94. The summed E-state index contributed by atoms with van der Waals surface area (Å²) in [4.78, 5) is 55.4. The van der Waals surface area contributed by atoms with Crippen LogP contribution in [-0.2, 0) is 39.8 Å². The Morgan fingerprint density at radius 3 is 2.47 bits per heavy atom. The Morgan fingerprint density at radius 2 is 1.90 bits per heavy atom. The number of amides is 3. The molecule has 0 spiro atoms. The first-order chi connectivity index (χ1) is 23.9. The number of benzene rings is 1. The first-order valence-electron chi connectivity index (χ1n) is 16.8. The minimum absolute atomic E-state index is 0.0645. The lowest BCUT2D eigenvalue weighted by molar-refractivity contribution is -0.161. The number of hydrogen-bond donors (Lipinski definition) is 3. The summed E-state index contributed by atoms with van der Waals surface area (Å²) < 4.78 is 28.6. The number of alkyl carbamates (subject to hydrolysis) is 1. The summed E-state index contributed by atoms with van der Waals surface area (Å²) in [6.45, 7) is 12.6. The summed E-state index contributed by atoms with van der Waals surface area (Å²) in [5.74, 6) is -1.32. The van der Waals surface area contributed by atoms with Gasteiger partial charge in [-0.3, -0.25) is 14.9 Å². The fourth-order valence-electron chi connectivity index (χ4n) is 6.27. The Bertz CT molecular complexity index is 1510. The molecule has 2 N–H and O–H groups in total. The predicted molar refractivity (Wildman–Crippen MR) is 196 cm³/mol. The highest BCUT2D eigenvalue weighted by Crippen LogP contribution is 2.49. The van der Waals surface area contributed by atoms with Crippen LogP contribution in [0.2, 0.25) is 5.02 Å². The third-order valence-electron chi connectivity index (χ3n) is 9.89. The zero-order chi connectivity index (χ0) is 38.4. The van der Waals surface area contributed by atoms with Crippen LogP contribution in [0, 0.1) is 5.92 Å². The number of aliphatic hydroxyl groups is 1. The zero-order valence-electron chi connectivity index (χ0n) is 30.9. The summed E-state index contributed by atoms with van der Waals surface area (Å²) in [5, 5.41) is 13.9. The topological polar surface area (TPSA) is 156 Å². The second-order valence-electron chi connectivity index (χ2n) is 13.4. The molecule has 0 radical (unpaired) electrons. The van der Waals surface area contributed by atoms with Crippen LogP contribution < -0.4 is 15.0 Å². The second-order valence-corrected chi connectivity index (χ2v) is 14.2. The predicted octanol–water partition coefficient (Wildman–Crippen LogP) is 4.47. The summed E-state index contributed by atoms with van der Waals surface area (Å²) >= 11 is 10.8. The lowest BCUT2D eigenvalue weighted by Gasteiger charge is -2.42. The highest BCUT2D eigenvalue weighted by atomic mass is 35.5. The van der Waals surface area contributed by atoms with Crippen molar-refractivity contribution >= 4 is 53.8 Å². The van der Waals surface area contributed by atoms with Crippen LogP contribution in [0.5, 0.6) is 5.75 Å². The summed E-state index contributed by atoms with van der Waals surface area (Å²) in [6.07, 6.45) is -0.731. The molecule has 0 aromatic heterocycles. The number of methoxy groups -OCH3 is 2. The molecule has 8 atom stereocenters. The molecular formula is C36H52ClN3O10S. The minimum Gasteiger partial charge on any atom is -0.495 e. The molecule has 1 unspecified atom stereocenters. The van der Waals surface area contributed by atoms with Crippen molar-refractivity contribution in [3.8, 4) is 5.75 Å². The van der Waals surface area contributed by atoms with E-state index in [2.05, 4.69) is 24.5 Å². The Labute approximate surface area is 311 Å². The van der Waals surface area contributed by atoms with Crippen LogP contribution >= 0.6 is 24.2 Å². The van der Waals surface area contributed by atoms with Gasteiger partial charge in [0, 0.05) is 40.0 Å². The SMILES string of the molecule is C=C[C@@H](OC)[C@@]1(O)C[C@@H]([C@@H](C)C2O[C@]2(C)[C@H](CC(=O)N(C)c2cc(C/C(C)=C/C)cc(OC)c2Cl)OC(=O)[C@H](C)N(C)C(=O)CCS)OC(=O)N1. The molecule has 1 aromatic rings. The number of rotatable bonds is 17. The van der Waals surface area contributed by atoms with E-state index in [9.17, 15) is 24.3 Å². The van der Waals surface area contributed by atoms with Gasteiger partial charge in [-0.05, 0) is 57.6 Å². The molecule has 3 rings (SSSR count). The molecule has 0 saturated carbocycles. The van der Waals surface area contributed by atoms with E-state index in [1.165, 1.54) is 44.1 Å². The molecule has 15 heteroatoms. The van der Waals surface area contributed by atoms with E-state index in [0.29, 0.717) is 23.6 Å². The van der Waals surface area contributed by atoms with Gasteiger partial charge >= 0.3 is 12.1 Å². The van der Waals surface area contributed by atoms with Crippen molar-refractivity contribution in [2.75, 3.05) is 39.0 Å². The normalized spacial score (nSPS) is 25.3. The fourth-order valence-corrected chi connectivity index (χ4v) is 6.77. The molecule has 0 bridgehead atoms. The number of esters is 1. The van der Waals surface area contributed by atoms with Crippen molar-refractivity contribution in [1.29, 1.82) is 0 Å². The van der Waals surface area contributed by atoms with Crippen LogP contribution in [0.1, 0.15) is 59.4 Å². The van der Waals surface area contributed by atoms with Crippen molar-refractivity contribution in [1.82, 2.24) is 10.2 Å². The first-order valence-corrected chi connectivity index (χ1v) is 17.8. The van der Waals surface area contributed by atoms with E-state index < -0.39 is 65.7 Å². The van der Waals surface area contributed by atoms with Gasteiger partial charge in [0.15, 0.2) is 5.72 Å². The van der Waals surface area contributed by atoms with Gasteiger partial charge in [0.1, 0.15) is 40.7 Å². The summed E-state index contributed by atoms with van der Waals surface area (Å²) in [6, 6.07) is 2.64. The minimum atomic E-state index is -1.81. The van der Waals surface area contributed by atoms with Crippen LogP contribution in [0.4, 0.5) is 10.5 Å². The van der Waals surface area contributed by atoms with Crippen molar-refractivity contribution in [3.05, 3.63) is 47.0 Å². The number of hydrogen-bond acceptors (Lipinski definition) is 11. The molecule has 3 amide bonds. The number of nitrogens with one attached hydrogen (secondary N) is 1. The molecule has 2 aliphatic heterocycles. The summed E-state index contributed by atoms with van der Waals surface area (Å²) in [7, 11) is 5.93. The molecule has 51 heavy (non-hydrogen) atoms. The van der Waals surface area contributed by atoms with Crippen molar-refractivity contribution in [3.63, 3.8) is 0 Å². The number of carbonyl (C=O) groups is 4. The standard InChI is InChI=1S/C36H52ClN3O10S/c1-11-20(3)15-23-16-24(31(37)25(17-23)46-9)40(8)30(42)18-28(49-33(43)22(5)39(7)29(41)13-14-51)35(6)32(50-35)21(4)26-19-36(45,27(12-2)47-10)38-34(44)48-26/h11-12,16-17,21-22,26-28,32,45,51H,2,13-15,18-19H2,1,3-10H3,(H,38,44)/b20-11+/t21-,22+,26+,27-,28+,32?,35-,36+/m1/s1. The monoisotopic (exact) mass is 753 g/mol. The van der Waals surface area contributed by atoms with E-state index in [0.717, 1.165) is 11.1 Å². The average molecular weight is 754 g/mol. The van der Waals surface area contributed by atoms with Gasteiger partial charge in [-0.15, -0.1) is 6.58 Å². The number of cyclic esters (lactones) is 1. The quantitative estimate of drug-likeness (QED) is 0.0898. The largest absolute Gasteiger partial charge is 0.495 e. The molecule has 2 fully saturated rings. The average Bonchev–Trinajstić information content (AvgIpc) is 3.79. The first kappa shape index (κ1) is 42.1. The van der Waals surface area contributed by atoms with Gasteiger partial charge in [-0.25, -0.2) is 9.59 Å². The maximum Gasteiger partial charge on any atom is 0.409 e. The number of anilines is 1. The molecule has 1 aromatic carbocycles. The van der Waals surface area contributed by atoms with Crippen molar-refractivity contribution < 1.29 is 48.0 Å². The molecule has 2 heterocycles.